The van der Waals surface area contributed by atoms with Crippen molar-refractivity contribution in [3.05, 3.63) is 94.4 Å². The molecule has 0 unspecified atom stereocenters. The highest BCUT2D eigenvalue weighted by Crippen LogP contribution is 2.35. The van der Waals surface area contributed by atoms with Crippen molar-refractivity contribution in [1.82, 2.24) is 9.47 Å². The number of aryl methyl sites for hydroxylation is 1. The minimum absolute atomic E-state index is 0.0224. The molecule has 1 aromatic heterocycles. The summed E-state index contributed by atoms with van der Waals surface area (Å²) in [6, 6.07) is 20.5. The molecule has 7 heteroatoms. The lowest BCUT2D eigenvalue weighted by atomic mass is 9.78. The molecule has 190 valence electrons. The second-order valence-corrected chi connectivity index (χ2v) is 9.99. The van der Waals surface area contributed by atoms with Gasteiger partial charge in [-0.2, -0.15) is 0 Å². The number of amides is 2. The average Bonchev–Trinajstić information content (AvgIpc) is 2.85. The number of primary amides is 1. The molecule has 7 nitrogen and oxygen atoms in total. The van der Waals surface area contributed by atoms with Gasteiger partial charge in [0.2, 0.25) is 5.91 Å². The van der Waals surface area contributed by atoms with E-state index in [4.69, 9.17) is 5.73 Å². The van der Waals surface area contributed by atoms with Gasteiger partial charge in [0.25, 0.3) is 5.56 Å². The van der Waals surface area contributed by atoms with Crippen molar-refractivity contribution in [2.45, 2.75) is 45.6 Å². The van der Waals surface area contributed by atoms with Crippen LogP contribution in [0.5, 0.6) is 0 Å². The number of nitrogens with two attached hydrogens (primary N) is 1. The number of benzene rings is 2. The highest BCUT2D eigenvalue weighted by Gasteiger charge is 2.31. The van der Waals surface area contributed by atoms with Gasteiger partial charge < -0.3 is 20.3 Å². The Hall–Kier alpha value is -3.87. The zero-order valence-electron chi connectivity index (χ0n) is 21.3. The summed E-state index contributed by atoms with van der Waals surface area (Å²) in [4.78, 5) is 37.6. The molecule has 0 saturated carbocycles. The third kappa shape index (κ3) is 6.42. The summed E-state index contributed by atoms with van der Waals surface area (Å²) in [6.45, 7) is 5.83. The van der Waals surface area contributed by atoms with Crippen molar-refractivity contribution >= 4 is 12.0 Å². The molecule has 2 aromatic carbocycles. The quantitative estimate of drug-likeness (QED) is 0.410. The van der Waals surface area contributed by atoms with E-state index in [1.165, 1.54) is 9.47 Å². The number of aromatic nitrogens is 1. The fourth-order valence-electron chi connectivity index (χ4n) is 4.44. The maximum Gasteiger partial charge on any atom is 0.407 e. The summed E-state index contributed by atoms with van der Waals surface area (Å²) in [5, 5.41) is 10.0. The largest absolute Gasteiger partial charge is 0.465 e. The zero-order valence-corrected chi connectivity index (χ0v) is 21.3. The predicted octanol–water partition coefficient (Wildman–Crippen LogP) is 5.17. The van der Waals surface area contributed by atoms with Crippen molar-refractivity contribution in [3.8, 4) is 11.1 Å². The van der Waals surface area contributed by atoms with Crippen molar-refractivity contribution in [2.75, 3.05) is 6.54 Å². The Kier molecular flexibility index (Phi) is 8.35. The topological polar surface area (TPSA) is 106 Å². The number of hydrogen-bond acceptors (Lipinski definition) is 3. The maximum absolute atomic E-state index is 12.2. The van der Waals surface area contributed by atoms with Gasteiger partial charge in [0.05, 0.1) is 6.04 Å². The highest BCUT2D eigenvalue weighted by molar-refractivity contribution is 5.80. The maximum atomic E-state index is 12.2. The number of carbonyl (C=O) groups excluding carboxylic acids is 1. The van der Waals surface area contributed by atoms with Crippen molar-refractivity contribution in [2.24, 2.45) is 18.2 Å². The van der Waals surface area contributed by atoms with Crippen LogP contribution < -0.4 is 11.3 Å². The van der Waals surface area contributed by atoms with Gasteiger partial charge in [0.1, 0.15) is 0 Å². The van der Waals surface area contributed by atoms with Crippen LogP contribution in [-0.2, 0) is 11.8 Å². The Morgan fingerprint density at radius 1 is 1.00 bits per heavy atom. The molecule has 0 fully saturated rings. The number of hydrogen-bond donors (Lipinski definition) is 2. The molecule has 0 spiro atoms. The lowest BCUT2D eigenvalue weighted by Crippen LogP contribution is -2.36. The van der Waals surface area contributed by atoms with Crippen molar-refractivity contribution in [1.29, 1.82) is 0 Å². The molecule has 36 heavy (non-hydrogen) atoms. The lowest BCUT2D eigenvalue weighted by molar-refractivity contribution is -0.126. The van der Waals surface area contributed by atoms with E-state index in [9.17, 15) is 19.5 Å². The zero-order chi connectivity index (χ0) is 26.5. The molecule has 0 aliphatic rings. The first-order chi connectivity index (χ1) is 17.0. The second kappa shape index (κ2) is 11.2. The van der Waals surface area contributed by atoms with E-state index in [-0.39, 0.29) is 23.4 Å². The summed E-state index contributed by atoms with van der Waals surface area (Å²) in [5.41, 5.74) is 8.46. The fourth-order valence-corrected chi connectivity index (χ4v) is 4.44. The van der Waals surface area contributed by atoms with Crippen molar-refractivity contribution in [3.63, 3.8) is 0 Å². The summed E-state index contributed by atoms with van der Waals surface area (Å²) < 4.78 is 1.51. The van der Waals surface area contributed by atoms with Gasteiger partial charge in [-0.25, -0.2) is 4.79 Å². The van der Waals surface area contributed by atoms with Gasteiger partial charge in [0, 0.05) is 31.3 Å². The number of nitrogens with zero attached hydrogens (tertiary/aromatic N) is 2. The monoisotopic (exact) mass is 489 g/mol. The molecular formula is C29H35N3O4. The van der Waals surface area contributed by atoms with Crippen LogP contribution in [0, 0.1) is 5.41 Å². The van der Waals surface area contributed by atoms with E-state index in [0.717, 1.165) is 22.3 Å². The Labute approximate surface area is 212 Å². The molecule has 0 radical (unpaired) electrons. The summed E-state index contributed by atoms with van der Waals surface area (Å²) >= 11 is 0. The normalized spacial score (nSPS) is 13.1. The van der Waals surface area contributed by atoms with Gasteiger partial charge in [-0.1, -0.05) is 68.4 Å². The van der Waals surface area contributed by atoms with Crippen LogP contribution in [0.4, 0.5) is 4.79 Å². The van der Waals surface area contributed by atoms with Crippen LogP contribution in [0.2, 0.25) is 0 Å². The molecular weight excluding hydrogens is 454 g/mol. The molecule has 0 aliphatic heterocycles. The Morgan fingerprint density at radius 3 is 2.19 bits per heavy atom. The third-order valence-corrected chi connectivity index (χ3v) is 6.96. The molecule has 0 aliphatic carbocycles. The van der Waals surface area contributed by atoms with E-state index in [1.807, 2.05) is 81.4 Å². The van der Waals surface area contributed by atoms with E-state index < -0.39 is 11.5 Å². The molecule has 2 atom stereocenters. The van der Waals surface area contributed by atoms with Crippen LogP contribution in [-0.4, -0.2) is 33.1 Å². The lowest BCUT2D eigenvalue weighted by Gasteiger charge is -2.31. The Bertz CT molecular complexity index is 1250. The van der Waals surface area contributed by atoms with E-state index in [1.54, 1.807) is 19.3 Å². The van der Waals surface area contributed by atoms with Gasteiger partial charge >= 0.3 is 6.09 Å². The minimum Gasteiger partial charge on any atom is -0.465 e. The van der Waals surface area contributed by atoms with Crippen LogP contribution in [0.15, 0.2) is 77.7 Å². The Morgan fingerprint density at radius 2 is 1.64 bits per heavy atom. The number of carbonyl (C=O) groups is 2. The first-order valence-corrected chi connectivity index (χ1v) is 12.1. The van der Waals surface area contributed by atoms with Crippen LogP contribution in [0.25, 0.3) is 11.1 Å². The fraction of sp³-hybridized carbons (Fsp3) is 0.345. The van der Waals surface area contributed by atoms with E-state index in [2.05, 4.69) is 0 Å². The van der Waals surface area contributed by atoms with Crippen molar-refractivity contribution < 1.29 is 14.7 Å². The molecule has 2 amide bonds. The second-order valence-electron chi connectivity index (χ2n) is 9.99. The standard InChI is InChI=1S/C29H35N3O4/c1-20(21-10-12-23(13-11-21)24-14-16-31(4)26(33)18-24)32(28(35)36)17-15-25(19-29(2,3)27(30)34)22-8-6-5-7-9-22/h5-14,16,18,20,25H,15,17,19H2,1-4H3,(H2,30,34)(H,35,36)/t20-,25+/m0/s1. The first-order valence-electron chi connectivity index (χ1n) is 12.1. The van der Waals surface area contributed by atoms with Gasteiger partial charge in [-0.15, -0.1) is 0 Å². The Balaban J connectivity index is 1.79. The van der Waals surface area contributed by atoms with Crippen LogP contribution >= 0.6 is 0 Å². The highest BCUT2D eigenvalue weighted by atomic mass is 16.4. The third-order valence-electron chi connectivity index (χ3n) is 6.96. The smallest absolute Gasteiger partial charge is 0.407 e. The molecule has 3 aromatic rings. The SMILES string of the molecule is C[C@@H](c1ccc(-c2ccn(C)c(=O)c2)cc1)N(CC[C@H](CC(C)(C)C(N)=O)c1ccccc1)C(=O)O. The molecule has 1 heterocycles. The van der Waals surface area contributed by atoms with Crippen LogP contribution in [0.1, 0.15) is 56.7 Å². The van der Waals surface area contributed by atoms with E-state index >= 15 is 0 Å². The van der Waals surface area contributed by atoms with E-state index in [0.29, 0.717) is 19.4 Å². The number of pyridine rings is 1. The average molecular weight is 490 g/mol. The molecule has 0 bridgehead atoms. The number of carboxylic acid groups (broad SMARTS) is 1. The summed E-state index contributed by atoms with van der Waals surface area (Å²) in [5.74, 6) is -0.394. The van der Waals surface area contributed by atoms with Crippen LogP contribution in [0.3, 0.4) is 0 Å². The molecule has 0 saturated heterocycles. The van der Waals surface area contributed by atoms with Gasteiger partial charge in [-0.05, 0) is 54.0 Å². The first kappa shape index (κ1) is 26.7. The minimum atomic E-state index is -1.00. The molecule has 3 rings (SSSR count). The molecule has 3 N–H and O–H groups in total. The van der Waals surface area contributed by atoms with Gasteiger partial charge in [0.15, 0.2) is 0 Å². The number of rotatable bonds is 10. The summed E-state index contributed by atoms with van der Waals surface area (Å²) in [7, 11) is 1.70. The summed E-state index contributed by atoms with van der Waals surface area (Å²) in [6.07, 6.45) is 1.81. The van der Waals surface area contributed by atoms with Gasteiger partial charge in [-0.3, -0.25) is 9.59 Å². The predicted molar refractivity (Wildman–Crippen MR) is 142 cm³/mol.